The van der Waals surface area contributed by atoms with Gasteiger partial charge in [0.15, 0.2) is 10.8 Å². The number of nitrogens with one attached hydrogen (secondary N) is 1. The van der Waals surface area contributed by atoms with Gasteiger partial charge in [0.25, 0.3) is 5.56 Å². The summed E-state index contributed by atoms with van der Waals surface area (Å²) in [6, 6.07) is 0. The average Bonchev–Trinajstić information content (AvgIpc) is 2.59. The Hall–Kier alpha value is -1.89. The molecular formula is C10H12N4O2S. The Labute approximate surface area is 100 Å². The molecule has 0 saturated carbocycles. The van der Waals surface area contributed by atoms with Crippen molar-refractivity contribution in [1.29, 1.82) is 0 Å². The molecule has 0 aromatic carbocycles. The molecule has 0 unspecified atom stereocenters. The predicted molar refractivity (Wildman–Crippen MR) is 68.3 cm³/mol. The van der Waals surface area contributed by atoms with Gasteiger partial charge in [-0.15, -0.1) is 0 Å². The Kier molecular flexibility index (Phi) is 2.84. The van der Waals surface area contributed by atoms with Crippen LogP contribution in [-0.2, 0) is 6.54 Å². The molecule has 0 radical (unpaired) electrons. The van der Waals surface area contributed by atoms with Crippen molar-refractivity contribution in [2.24, 2.45) is 0 Å². The summed E-state index contributed by atoms with van der Waals surface area (Å²) in [6.07, 6.45) is 1.88. The number of aromatic amines is 1. The topological polar surface area (TPSA) is 93.8 Å². The van der Waals surface area contributed by atoms with Crippen LogP contribution in [0, 0.1) is 0 Å². The monoisotopic (exact) mass is 252 g/mol. The molecule has 0 fully saturated rings. The standard InChI is InChI=1S/C10H12N4O2S/c1-5(2)3-4-14-7-6(17-9(11)12-7)8(15)13-10(14)16/h3H,4H2,1-2H3,(H2,11,12)(H,13,15,16). The van der Waals surface area contributed by atoms with E-state index in [2.05, 4.69) is 9.97 Å². The largest absolute Gasteiger partial charge is 0.375 e. The number of thiazole rings is 1. The molecule has 3 N–H and O–H groups in total. The number of nitrogen functional groups attached to an aromatic ring is 1. The molecule has 0 bridgehead atoms. The highest BCUT2D eigenvalue weighted by molar-refractivity contribution is 7.21. The first-order chi connectivity index (χ1) is 7.99. The number of H-pyrrole nitrogens is 1. The lowest BCUT2D eigenvalue weighted by Gasteiger charge is -2.02. The van der Waals surface area contributed by atoms with Crippen molar-refractivity contribution in [3.63, 3.8) is 0 Å². The Morgan fingerprint density at radius 3 is 2.88 bits per heavy atom. The first kappa shape index (κ1) is 11.6. The van der Waals surface area contributed by atoms with Crippen molar-refractivity contribution in [1.82, 2.24) is 14.5 Å². The Balaban J connectivity index is 2.73. The predicted octanol–water partition coefficient (Wildman–Crippen LogP) is 0.695. The molecule has 0 aliphatic rings. The maximum absolute atomic E-state index is 11.7. The molecule has 2 heterocycles. The lowest BCUT2D eigenvalue weighted by Crippen LogP contribution is -2.29. The van der Waals surface area contributed by atoms with E-state index < -0.39 is 11.2 Å². The quantitative estimate of drug-likeness (QED) is 0.769. The fourth-order valence-electron chi connectivity index (χ4n) is 1.42. The van der Waals surface area contributed by atoms with Gasteiger partial charge in [-0.1, -0.05) is 23.0 Å². The minimum absolute atomic E-state index is 0.280. The van der Waals surface area contributed by atoms with Crippen LogP contribution in [0.15, 0.2) is 21.2 Å². The van der Waals surface area contributed by atoms with E-state index >= 15 is 0 Å². The highest BCUT2D eigenvalue weighted by atomic mass is 32.1. The number of anilines is 1. The molecule has 0 atom stereocenters. The van der Waals surface area contributed by atoms with E-state index in [4.69, 9.17) is 5.73 Å². The number of fused-ring (bicyclic) bond motifs is 1. The minimum Gasteiger partial charge on any atom is -0.375 e. The van der Waals surface area contributed by atoms with Crippen LogP contribution < -0.4 is 17.0 Å². The van der Waals surface area contributed by atoms with Crippen LogP contribution in [0.4, 0.5) is 5.13 Å². The smallest absolute Gasteiger partial charge is 0.330 e. The molecular weight excluding hydrogens is 240 g/mol. The molecule has 0 spiro atoms. The number of allylic oxidation sites excluding steroid dienone is 2. The normalized spacial score (nSPS) is 10.7. The summed E-state index contributed by atoms with van der Waals surface area (Å²) in [5.74, 6) is 0. The van der Waals surface area contributed by atoms with Crippen molar-refractivity contribution in [3.05, 3.63) is 32.5 Å². The van der Waals surface area contributed by atoms with Crippen molar-refractivity contribution in [2.75, 3.05) is 5.73 Å². The van der Waals surface area contributed by atoms with Gasteiger partial charge >= 0.3 is 5.69 Å². The van der Waals surface area contributed by atoms with Crippen LogP contribution >= 0.6 is 11.3 Å². The van der Waals surface area contributed by atoms with Gasteiger partial charge in [-0.05, 0) is 13.8 Å². The third-order valence-corrected chi connectivity index (χ3v) is 3.11. The second-order valence-corrected chi connectivity index (χ2v) is 4.89. The van der Waals surface area contributed by atoms with E-state index in [9.17, 15) is 9.59 Å². The van der Waals surface area contributed by atoms with Gasteiger partial charge in [-0.3, -0.25) is 14.3 Å². The summed E-state index contributed by atoms with van der Waals surface area (Å²) >= 11 is 1.08. The molecule has 2 rings (SSSR count). The van der Waals surface area contributed by atoms with Crippen LogP contribution in [0.2, 0.25) is 0 Å². The SMILES string of the molecule is CC(C)=CCn1c(=O)[nH]c(=O)c2sc(N)nc21. The molecule has 6 nitrogen and oxygen atoms in total. The molecule has 2 aromatic rings. The fourth-order valence-corrected chi connectivity index (χ4v) is 2.15. The van der Waals surface area contributed by atoms with Crippen LogP contribution in [0.1, 0.15) is 13.8 Å². The zero-order chi connectivity index (χ0) is 12.6. The second-order valence-electron chi connectivity index (χ2n) is 3.86. The van der Waals surface area contributed by atoms with E-state index in [1.165, 1.54) is 4.57 Å². The van der Waals surface area contributed by atoms with Gasteiger partial charge in [0, 0.05) is 6.54 Å². The molecule has 0 saturated heterocycles. The van der Waals surface area contributed by atoms with Gasteiger partial charge in [0.1, 0.15) is 4.70 Å². The molecule has 2 aromatic heterocycles. The third kappa shape index (κ3) is 2.14. The maximum Gasteiger partial charge on any atom is 0.330 e. The van der Waals surface area contributed by atoms with Crippen LogP contribution in [0.3, 0.4) is 0 Å². The zero-order valence-corrected chi connectivity index (χ0v) is 10.3. The summed E-state index contributed by atoms with van der Waals surface area (Å²) in [4.78, 5) is 29.5. The first-order valence-corrected chi connectivity index (χ1v) is 5.83. The highest BCUT2D eigenvalue weighted by Gasteiger charge is 2.11. The minimum atomic E-state index is -0.467. The van der Waals surface area contributed by atoms with Gasteiger partial charge in [0.05, 0.1) is 0 Å². The Morgan fingerprint density at radius 1 is 1.53 bits per heavy atom. The van der Waals surface area contributed by atoms with Crippen molar-refractivity contribution in [3.8, 4) is 0 Å². The van der Waals surface area contributed by atoms with Gasteiger partial charge in [0.2, 0.25) is 0 Å². The lowest BCUT2D eigenvalue weighted by molar-refractivity contribution is 0.762. The average molecular weight is 252 g/mol. The summed E-state index contributed by atoms with van der Waals surface area (Å²) < 4.78 is 1.78. The van der Waals surface area contributed by atoms with E-state index in [0.29, 0.717) is 16.9 Å². The first-order valence-electron chi connectivity index (χ1n) is 5.01. The zero-order valence-electron chi connectivity index (χ0n) is 9.48. The number of aromatic nitrogens is 3. The number of hydrogen-bond donors (Lipinski definition) is 2. The molecule has 0 aliphatic heterocycles. The number of rotatable bonds is 2. The van der Waals surface area contributed by atoms with Crippen molar-refractivity contribution in [2.45, 2.75) is 20.4 Å². The second kappa shape index (κ2) is 4.17. The summed E-state index contributed by atoms with van der Waals surface area (Å²) in [6.45, 7) is 4.24. The number of nitrogens with two attached hydrogens (primary N) is 1. The highest BCUT2D eigenvalue weighted by Crippen LogP contribution is 2.18. The van der Waals surface area contributed by atoms with Gasteiger partial charge in [-0.25, -0.2) is 9.78 Å². The number of hydrogen-bond acceptors (Lipinski definition) is 5. The fraction of sp³-hybridized carbons (Fsp3) is 0.300. The van der Waals surface area contributed by atoms with Crippen LogP contribution in [0.25, 0.3) is 10.3 Å². The maximum atomic E-state index is 11.7. The summed E-state index contributed by atoms with van der Waals surface area (Å²) in [5.41, 5.74) is 6.08. The molecule has 17 heavy (non-hydrogen) atoms. The summed E-state index contributed by atoms with van der Waals surface area (Å²) in [7, 11) is 0. The van der Waals surface area contributed by atoms with Gasteiger partial charge in [-0.2, -0.15) is 0 Å². The molecule has 90 valence electrons. The lowest BCUT2D eigenvalue weighted by atomic mass is 10.3. The van der Waals surface area contributed by atoms with E-state index in [1.54, 1.807) is 0 Å². The Bertz CT molecular complexity index is 703. The van der Waals surface area contributed by atoms with Crippen LogP contribution in [-0.4, -0.2) is 14.5 Å². The van der Waals surface area contributed by atoms with Crippen molar-refractivity contribution < 1.29 is 0 Å². The van der Waals surface area contributed by atoms with E-state index in [1.807, 2.05) is 19.9 Å². The Morgan fingerprint density at radius 2 is 2.24 bits per heavy atom. The molecule has 0 aliphatic carbocycles. The van der Waals surface area contributed by atoms with Crippen molar-refractivity contribution >= 4 is 26.8 Å². The molecule has 0 amide bonds. The number of nitrogens with zero attached hydrogens (tertiary/aromatic N) is 2. The van der Waals surface area contributed by atoms with E-state index in [0.717, 1.165) is 16.9 Å². The van der Waals surface area contributed by atoms with Crippen LogP contribution in [0.5, 0.6) is 0 Å². The molecule has 7 heteroatoms. The third-order valence-electron chi connectivity index (χ3n) is 2.24. The van der Waals surface area contributed by atoms with E-state index in [-0.39, 0.29) is 5.13 Å². The van der Waals surface area contributed by atoms with Gasteiger partial charge < -0.3 is 5.73 Å². The summed E-state index contributed by atoms with van der Waals surface area (Å²) in [5, 5.41) is 0.280.